The molecule has 1 fully saturated rings. The highest BCUT2D eigenvalue weighted by molar-refractivity contribution is 5.95. The van der Waals surface area contributed by atoms with Crippen molar-refractivity contribution in [3.8, 4) is 0 Å². The van der Waals surface area contributed by atoms with Gasteiger partial charge in [0.15, 0.2) is 0 Å². The van der Waals surface area contributed by atoms with Crippen LogP contribution in [0.3, 0.4) is 0 Å². The van der Waals surface area contributed by atoms with Gasteiger partial charge in [0.05, 0.1) is 12.5 Å². The monoisotopic (exact) mass is 275 g/mol. The maximum atomic E-state index is 12.2. The molecule has 0 aliphatic heterocycles. The number of hydrogen-bond donors (Lipinski definition) is 1. The standard InChI is InChI=1S/C16H21NO3/c1-12-7-3-4-8-13(12)14(18)17-11-16(15(19)20-2)9-5-6-10-16/h3-4,7-8H,5-6,9-11H2,1-2H3,(H,17,18). The fourth-order valence-electron chi connectivity index (χ4n) is 2.89. The summed E-state index contributed by atoms with van der Waals surface area (Å²) >= 11 is 0. The Kier molecular flexibility index (Phi) is 4.42. The van der Waals surface area contributed by atoms with Gasteiger partial charge in [-0.15, -0.1) is 0 Å². The van der Waals surface area contributed by atoms with Gasteiger partial charge in [-0.25, -0.2) is 0 Å². The predicted molar refractivity (Wildman–Crippen MR) is 76.4 cm³/mol. The molecule has 1 aromatic rings. The normalized spacial score (nSPS) is 16.7. The summed E-state index contributed by atoms with van der Waals surface area (Å²) in [6.07, 6.45) is 3.59. The van der Waals surface area contributed by atoms with Crippen molar-refractivity contribution in [3.63, 3.8) is 0 Å². The minimum Gasteiger partial charge on any atom is -0.469 e. The lowest BCUT2D eigenvalue weighted by Crippen LogP contribution is -2.42. The smallest absolute Gasteiger partial charge is 0.313 e. The van der Waals surface area contributed by atoms with E-state index in [2.05, 4.69) is 5.32 Å². The zero-order chi connectivity index (χ0) is 14.6. The van der Waals surface area contributed by atoms with Crippen molar-refractivity contribution in [2.75, 3.05) is 13.7 Å². The first-order valence-corrected chi connectivity index (χ1v) is 7.01. The number of hydrogen-bond acceptors (Lipinski definition) is 3. The van der Waals surface area contributed by atoms with Crippen LogP contribution in [0.25, 0.3) is 0 Å². The Bertz CT molecular complexity index is 504. The molecule has 0 heterocycles. The van der Waals surface area contributed by atoms with Crippen molar-refractivity contribution in [1.29, 1.82) is 0 Å². The van der Waals surface area contributed by atoms with Crippen molar-refractivity contribution >= 4 is 11.9 Å². The molecular formula is C16H21NO3. The van der Waals surface area contributed by atoms with E-state index >= 15 is 0 Å². The van der Waals surface area contributed by atoms with Gasteiger partial charge in [0.1, 0.15) is 0 Å². The Hall–Kier alpha value is -1.84. The van der Waals surface area contributed by atoms with Crippen LogP contribution >= 0.6 is 0 Å². The first-order chi connectivity index (χ1) is 9.59. The van der Waals surface area contributed by atoms with Crippen molar-refractivity contribution in [1.82, 2.24) is 5.32 Å². The van der Waals surface area contributed by atoms with Gasteiger partial charge in [-0.1, -0.05) is 31.0 Å². The first-order valence-electron chi connectivity index (χ1n) is 7.01. The van der Waals surface area contributed by atoms with E-state index < -0.39 is 5.41 Å². The van der Waals surface area contributed by atoms with Gasteiger partial charge < -0.3 is 10.1 Å². The van der Waals surface area contributed by atoms with Crippen LogP contribution in [0.5, 0.6) is 0 Å². The SMILES string of the molecule is COC(=O)C1(CNC(=O)c2ccccc2C)CCCC1. The van der Waals surface area contributed by atoms with Gasteiger partial charge in [0.25, 0.3) is 5.91 Å². The van der Waals surface area contributed by atoms with Crippen LogP contribution < -0.4 is 5.32 Å². The predicted octanol–water partition coefficient (Wildman–Crippen LogP) is 2.46. The van der Waals surface area contributed by atoms with E-state index in [0.29, 0.717) is 12.1 Å². The summed E-state index contributed by atoms with van der Waals surface area (Å²) < 4.78 is 4.91. The minimum absolute atomic E-state index is 0.127. The molecule has 0 spiro atoms. The van der Waals surface area contributed by atoms with Crippen LogP contribution in [-0.2, 0) is 9.53 Å². The molecule has 0 unspecified atom stereocenters. The third-order valence-electron chi connectivity index (χ3n) is 4.16. The van der Waals surface area contributed by atoms with E-state index in [1.54, 1.807) is 6.07 Å². The van der Waals surface area contributed by atoms with Crippen molar-refractivity contribution in [3.05, 3.63) is 35.4 Å². The highest BCUT2D eigenvalue weighted by Crippen LogP contribution is 2.38. The van der Waals surface area contributed by atoms with E-state index in [1.165, 1.54) is 7.11 Å². The van der Waals surface area contributed by atoms with E-state index in [-0.39, 0.29) is 11.9 Å². The zero-order valence-electron chi connectivity index (χ0n) is 12.1. The number of esters is 1. The topological polar surface area (TPSA) is 55.4 Å². The van der Waals surface area contributed by atoms with Crippen LogP contribution in [0.2, 0.25) is 0 Å². The van der Waals surface area contributed by atoms with Crippen molar-refractivity contribution < 1.29 is 14.3 Å². The van der Waals surface area contributed by atoms with E-state index in [0.717, 1.165) is 31.2 Å². The molecule has 4 heteroatoms. The number of carbonyl (C=O) groups is 2. The molecule has 4 nitrogen and oxygen atoms in total. The average molecular weight is 275 g/mol. The molecule has 2 rings (SSSR count). The molecule has 1 amide bonds. The molecule has 0 aromatic heterocycles. The number of benzene rings is 1. The largest absolute Gasteiger partial charge is 0.469 e. The Morgan fingerprint density at radius 3 is 2.50 bits per heavy atom. The fraction of sp³-hybridized carbons (Fsp3) is 0.500. The molecule has 0 radical (unpaired) electrons. The quantitative estimate of drug-likeness (QED) is 0.859. The lowest BCUT2D eigenvalue weighted by atomic mass is 9.86. The van der Waals surface area contributed by atoms with Crippen LogP contribution in [0, 0.1) is 12.3 Å². The number of amides is 1. The molecule has 0 bridgehead atoms. The molecule has 1 aliphatic carbocycles. The Morgan fingerprint density at radius 1 is 1.25 bits per heavy atom. The summed E-state index contributed by atoms with van der Waals surface area (Å²) in [4.78, 5) is 24.2. The lowest BCUT2D eigenvalue weighted by molar-refractivity contribution is -0.152. The Morgan fingerprint density at radius 2 is 1.90 bits per heavy atom. The van der Waals surface area contributed by atoms with E-state index in [1.807, 2.05) is 25.1 Å². The minimum atomic E-state index is -0.535. The Labute approximate surface area is 119 Å². The zero-order valence-corrected chi connectivity index (χ0v) is 12.1. The van der Waals surface area contributed by atoms with Gasteiger partial charge in [0.2, 0.25) is 0 Å². The van der Waals surface area contributed by atoms with Crippen LogP contribution in [0.4, 0.5) is 0 Å². The molecule has 1 aliphatic rings. The number of ether oxygens (including phenoxy) is 1. The summed E-state index contributed by atoms with van der Waals surface area (Å²) in [5, 5.41) is 2.90. The van der Waals surface area contributed by atoms with E-state index in [9.17, 15) is 9.59 Å². The maximum absolute atomic E-state index is 12.2. The number of nitrogens with one attached hydrogen (secondary N) is 1. The summed E-state index contributed by atoms with van der Waals surface area (Å²) in [6, 6.07) is 7.44. The molecule has 1 saturated carbocycles. The second-order valence-electron chi connectivity index (χ2n) is 5.48. The lowest BCUT2D eigenvalue weighted by Gasteiger charge is -2.26. The molecule has 0 saturated heterocycles. The van der Waals surface area contributed by atoms with Crippen LogP contribution in [0.15, 0.2) is 24.3 Å². The van der Waals surface area contributed by atoms with Gasteiger partial charge in [-0.2, -0.15) is 0 Å². The molecule has 1 N–H and O–H groups in total. The summed E-state index contributed by atoms with van der Waals surface area (Å²) in [7, 11) is 1.41. The molecule has 0 atom stereocenters. The van der Waals surface area contributed by atoms with Crippen molar-refractivity contribution in [2.45, 2.75) is 32.6 Å². The highest BCUT2D eigenvalue weighted by Gasteiger charge is 2.42. The fourth-order valence-corrected chi connectivity index (χ4v) is 2.89. The molecule has 20 heavy (non-hydrogen) atoms. The molecule has 108 valence electrons. The van der Waals surface area contributed by atoms with Crippen molar-refractivity contribution in [2.24, 2.45) is 5.41 Å². The molecular weight excluding hydrogens is 254 g/mol. The number of methoxy groups -OCH3 is 1. The summed E-state index contributed by atoms with van der Waals surface area (Å²) in [5.41, 5.74) is 1.06. The second kappa shape index (κ2) is 6.07. The second-order valence-corrected chi connectivity index (χ2v) is 5.48. The number of aryl methyl sites for hydroxylation is 1. The van der Waals surface area contributed by atoms with Crippen LogP contribution in [-0.4, -0.2) is 25.5 Å². The van der Waals surface area contributed by atoms with Gasteiger partial charge >= 0.3 is 5.97 Å². The van der Waals surface area contributed by atoms with Gasteiger partial charge in [-0.05, 0) is 31.4 Å². The number of rotatable bonds is 4. The number of carbonyl (C=O) groups excluding carboxylic acids is 2. The average Bonchev–Trinajstić information content (AvgIpc) is 2.94. The maximum Gasteiger partial charge on any atom is 0.313 e. The van der Waals surface area contributed by atoms with Crippen LogP contribution in [0.1, 0.15) is 41.6 Å². The summed E-state index contributed by atoms with van der Waals surface area (Å²) in [6.45, 7) is 2.26. The Balaban J connectivity index is 2.05. The van der Waals surface area contributed by atoms with E-state index in [4.69, 9.17) is 4.74 Å². The van der Waals surface area contributed by atoms with Gasteiger partial charge in [0, 0.05) is 12.1 Å². The third kappa shape index (κ3) is 2.84. The third-order valence-corrected chi connectivity index (χ3v) is 4.16. The highest BCUT2D eigenvalue weighted by atomic mass is 16.5. The first kappa shape index (κ1) is 14.6. The van der Waals surface area contributed by atoms with Gasteiger partial charge in [-0.3, -0.25) is 9.59 Å². The summed E-state index contributed by atoms with van der Waals surface area (Å²) in [5.74, 6) is -0.335. The molecule has 1 aromatic carbocycles.